The van der Waals surface area contributed by atoms with Crippen molar-refractivity contribution in [1.29, 1.82) is 0 Å². The van der Waals surface area contributed by atoms with Crippen LogP contribution in [0.1, 0.15) is 27.7 Å². The highest BCUT2D eigenvalue weighted by molar-refractivity contribution is 5.98. The summed E-state index contributed by atoms with van der Waals surface area (Å²) >= 11 is 0. The van der Waals surface area contributed by atoms with Crippen LogP contribution in [0.15, 0.2) is 51.7 Å². The molecule has 5 nitrogen and oxygen atoms in total. The number of ether oxygens (including phenoxy) is 1. The second-order valence-corrected chi connectivity index (χ2v) is 5.91. The number of carbonyl (C=O) groups excluding carboxylic acids is 1. The molecule has 1 atom stereocenters. The number of hydrogen-bond acceptors (Lipinski definition) is 4. The minimum Gasteiger partial charge on any atom is -0.497 e. The third-order valence-electron chi connectivity index (χ3n) is 4.49. The zero-order valence-electron chi connectivity index (χ0n) is 13.6. The van der Waals surface area contributed by atoms with E-state index in [1.807, 2.05) is 0 Å². The van der Waals surface area contributed by atoms with Gasteiger partial charge >= 0.3 is 0 Å². The summed E-state index contributed by atoms with van der Waals surface area (Å²) in [5.74, 6) is -0.228. The topological polar surface area (TPSA) is 59.8 Å². The highest BCUT2D eigenvalue weighted by Gasteiger charge is 2.40. The maximum Gasteiger partial charge on any atom is 0.290 e. The lowest BCUT2D eigenvalue weighted by Gasteiger charge is -2.20. The Labute approximate surface area is 142 Å². The van der Waals surface area contributed by atoms with Gasteiger partial charge < -0.3 is 14.1 Å². The molecule has 0 radical (unpaired) electrons. The molecule has 0 saturated heterocycles. The molecule has 126 valence electrons. The molecule has 1 unspecified atom stereocenters. The molecule has 0 aliphatic carbocycles. The quantitative estimate of drug-likeness (QED) is 0.720. The SMILES string of the molecule is COc1ccc(C2c3c(oc4ccc(F)cc4c3=O)C(=O)N2C)cc1. The fourth-order valence-electron chi connectivity index (χ4n) is 3.24. The van der Waals surface area contributed by atoms with E-state index in [4.69, 9.17) is 9.15 Å². The van der Waals surface area contributed by atoms with Crippen LogP contribution in [-0.4, -0.2) is 25.0 Å². The largest absolute Gasteiger partial charge is 0.497 e. The van der Waals surface area contributed by atoms with Crippen molar-refractivity contribution in [2.75, 3.05) is 14.2 Å². The van der Waals surface area contributed by atoms with Crippen molar-refractivity contribution < 1.29 is 18.3 Å². The van der Waals surface area contributed by atoms with Gasteiger partial charge in [-0.15, -0.1) is 0 Å². The first-order chi connectivity index (χ1) is 12.0. The number of amides is 1. The zero-order chi connectivity index (χ0) is 17.7. The molecule has 1 aliphatic heterocycles. The first kappa shape index (κ1) is 15.4. The lowest BCUT2D eigenvalue weighted by molar-refractivity contribution is 0.0771. The van der Waals surface area contributed by atoms with Gasteiger partial charge in [0, 0.05) is 7.05 Å². The van der Waals surface area contributed by atoms with Crippen LogP contribution in [0.3, 0.4) is 0 Å². The Hall–Kier alpha value is -3.15. The molecule has 3 aromatic rings. The predicted octanol–water partition coefficient (Wildman–Crippen LogP) is 3.12. The van der Waals surface area contributed by atoms with Gasteiger partial charge in [0.15, 0.2) is 5.43 Å². The van der Waals surface area contributed by atoms with Gasteiger partial charge in [0.1, 0.15) is 17.1 Å². The fraction of sp³-hybridized carbons (Fsp3) is 0.158. The van der Waals surface area contributed by atoms with Crippen molar-refractivity contribution >= 4 is 16.9 Å². The van der Waals surface area contributed by atoms with Crippen LogP contribution in [0.4, 0.5) is 4.39 Å². The Morgan fingerprint density at radius 3 is 2.52 bits per heavy atom. The standard InChI is InChI=1S/C19H14FNO4/c1-21-16(10-3-6-12(24-2)7-4-10)15-17(22)13-9-11(20)5-8-14(13)25-18(15)19(21)23/h3-9,16H,1-2H3. The molecular formula is C19H14FNO4. The van der Waals surface area contributed by atoms with E-state index >= 15 is 0 Å². The second-order valence-electron chi connectivity index (χ2n) is 5.91. The van der Waals surface area contributed by atoms with Crippen molar-refractivity contribution in [1.82, 2.24) is 4.90 Å². The Bertz CT molecular complexity index is 1060. The molecule has 25 heavy (non-hydrogen) atoms. The Balaban J connectivity index is 1.98. The van der Waals surface area contributed by atoms with E-state index in [0.717, 1.165) is 11.6 Å². The summed E-state index contributed by atoms with van der Waals surface area (Å²) in [6.45, 7) is 0. The summed E-state index contributed by atoms with van der Waals surface area (Å²) < 4.78 is 24.3. The van der Waals surface area contributed by atoms with Crippen LogP contribution < -0.4 is 10.2 Å². The number of benzene rings is 2. The lowest BCUT2D eigenvalue weighted by Crippen LogP contribution is -2.25. The number of hydrogen-bond donors (Lipinski definition) is 0. The smallest absolute Gasteiger partial charge is 0.290 e. The third-order valence-corrected chi connectivity index (χ3v) is 4.49. The lowest BCUT2D eigenvalue weighted by atomic mass is 9.98. The number of carbonyl (C=O) groups is 1. The first-order valence-corrected chi connectivity index (χ1v) is 7.68. The van der Waals surface area contributed by atoms with Crippen molar-refractivity contribution in [3.05, 3.63) is 75.4 Å². The number of rotatable bonds is 2. The van der Waals surface area contributed by atoms with E-state index in [2.05, 4.69) is 0 Å². The maximum absolute atomic E-state index is 13.6. The molecule has 1 aliphatic rings. The van der Waals surface area contributed by atoms with E-state index < -0.39 is 17.3 Å². The fourth-order valence-corrected chi connectivity index (χ4v) is 3.24. The van der Waals surface area contributed by atoms with Gasteiger partial charge in [-0.25, -0.2) is 4.39 Å². The van der Waals surface area contributed by atoms with Crippen molar-refractivity contribution in [3.8, 4) is 5.75 Å². The summed E-state index contributed by atoms with van der Waals surface area (Å²) in [6.07, 6.45) is 0. The van der Waals surface area contributed by atoms with Crippen molar-refractivity contribution in [3.63, 3.8) is 0 Å². The van der Waals surface area contributed by atoms with E-state index in [9.17, 15) is 14.0 Å². The summed E-state index contributed by atoms with van der Waals surface area (Å²) in [7, 11) is 3.17. The molecular weight excluding hydrogens is 325 g/mol. The Morgan fingerprint density at radius 2 is 1.84 bits per heavy atom. The first-order valence-electron chi connectivity index (χ1n) is 7.68. The monoisotopic (exact) mass is 339 g/mol. The van der Waals surface area contributed by atoms with E-state index in [0.29, 0.717) is 5.75 Å². The third kappa shape index (κ3) is 2.21. The molecule has 2 aromatic carbocycles. The number of halogens is 1. The van der Waals surface area contributed by atoms with Gasteiger partial charge in [-0.2, -0.15) is 0 Å². The van der Waals surface area contributed by atoms with Crippen LogP contribution >= 0.6 is 0 Å². The molecule has 0 fully saturated rings. The van der Waals surface area contributed by atoms with Crippen molar-refractivity contribution in [2.45, 2.75) is 6.04 Å². The number of nitrogens with zero attached hydrogens (tertiary/aromatic N) is 1. The molecule has 4 rings (SSSR count). The molecule has 1 amide bonds. The molecule has 2 heterocycles. The van der Waals surface area contributed by atoms with Crippen LogP contribution in [0.5, 0.6) is 5.75 Å². The Kier molecular flexibility index (Phi) is 3.35. The van der Waals surface area contributed by atoms with Gasteiger partial charge in [0.2, 0.25) is 5.76 Å². The minimum atomic E-state index is -0.586. The van der Waals surface area contributed by atoms with Gasteiger partial charge in [-0.1, -0.05) is 12.1 Å². The highest BCUT2D eigenvalue weighted by atomic mass is 19.1. The number of methoxy groups -OCH3 is 1. The predicted molar refractivity (Wildman–Crippen MR) is 89.4 cm³/mol. The molecule has 1 aromatic heterocycles. The summed E-state index contributed by atoms with van der Waals surface area (Å²) in [5, 5.41) is 0.125. The van der Waals surface area contributed by atoms with Crippen LogP contribution in [-0.2, 0) is 0 Å². The average molecular weight is 339 g/mol. The zero-order valence-corrected chi connectivity index (χ0v) is 13.6. The summed E-state index contributed by atoms with van der Waals surface area (Å²) in [6, 6.07) is 10.2. The van der Waals surface area contributed by atoms with Gasteiger partial charge in [0.25, 0.3) is 5.91 Å². The Morgan fingerprint density at radius 1 is 1.12 bits per heavy atom. The molecule has 0 spiro atoms. The van der Waals surface area contributed by atoms with Crippen LogP contribution in [0.25, 0.3) is 11.0 Å². The molecule has 0 N–H and O–H groups in total. The summed E-state index contributed by atoms with van der Waals surface area (Å²) in [4.78, 5) is 27.0. The van der Waals surface area contributed by atoms with E-state index in [1.54, 1.807) is 38.4 Å². The van der Waals surface area contributed by atoms with Crippen LogP contribution in [0.2, 0.25) is 0 Å². The van der Waals surface area contributed by atoms with E-state index in [-0.39, 0.29) is 28.2 Å². The molecule has 0 bridgehead atoms. The molecule has 0 saturated carbocycles. The average Bonchev–Trinajstić information content (AvgIpc) is 2.88. The van der Waals surface area contributed by atoms with Gasteiger partial charge in [0.05, 0.1) is 24.1 Å². The molecule has 6 heteroatoms. The van der Waals surface area contributed by atoms with Crippen LogP contribution in [0, 0.1) is 5.82 Å². The number of fused-ring (bicyclic) bond motifs is 2. The highest BCUT2D eigenvalue weighted by Crippen LogP contribution is 2.37. The van der Waals surface area contributed by atoms with Crippen molar-refractivity contribution in [2.24, 2.45) is 0 Å². The summed E-state index contributed by atoms with van der Waals surface area (Å²) in [5.41, 5.74) is 0.783. The second kappa shape index (κ2) is 5.44. The normalized spacial score (nSPS) is 16.4. The van der Waals surface area contributed by atoms with Gasteiger partial charge in [-0.05, 0) is 35.9 Å². The maximum atomic E-state index is 13.6. The van der Waals surface area contributed by atoms with E-state index in [1.165, 1.54) is 17.0 Å². The van der Waals surface area contributed by atoms with Gasteiger partial charge in [-0.3, -0.25) is 9.59 Å². The minimum absolute atomic E-state index is 0.00688.